The fourth-order valence-electron chi connectivity index (χ4n) is 2.06. The Hall–Kier alpha value is -0.220. The van der Waals surface area contributed by atoms with Crippen LogP contribution in [0.2, 0.25) is 0 Å². The van der Waals surface area contributed by atoms with Crippen molar-refractivity contribution in [2.45, 2.75) is 69.8 Å². The number of hydrogen-bond acceptors (Lipinski definition) is 3. The van der Waals surface area contributed by atoms with Crippen LogP contribution in [0.4, 0.5) is 0 Å². The second-order valence-electron chi connectivity index (χ2n) is 4.83. The van der Waals surface area contributed by atoms with Crippen molar-refractivity contribution in [3.05, 3.63) is 0 Å². The van der Waals surface area contributed by atoms with Crippen LogP contribution in [-0.4, -0.2) is 34.2 Å². The van der Waals surface area contributed by atoms with Crippen LogP contribution < -0.4 is 5.32 Å². The Morgan fingerprint density at radius 2 is 2.18 bits per heavy atom. The molecule has 17 heavy (non-hydrogen) atoms. The third kappa shape index (κ3) is 5.30. The maximum Gasteiger partial charge on any atom is 0.233 e. The molecule has 0 heterocycles. The fourth-order valence-corrected chi connectivity index (χ4v) is 3.09. The number of nitrogens with one attached hydrogen (secondary N) is 1. The quantitative estimate of drug-likeness (QED) is 0.720. The highest BCUT2D eigenvalue weighted by Gasteiger charge is 2.26. The molecule has 3 nitrogen and oxygen atoms in total. The number of aliphatic hydroxyl groups is 1. The Bertz CT molecular complexity index is 235. The van der Waals surface area contributed by atoms with E-state index in [1.165, 1.54) is 6.42 Å². The lowest BCUT2D eigenvalue weighted by Gasteiger charge is -2.29. The molecule has 1 amide bonds. The Kier molecular flexibility index (Phi) is 6.97. The molecule has 0 bridgehead atoms. The van der Waals surface area contributed by atoms with E-state index in [2.05, 4.69) is 12.2 Å². The van der Waals surface area contributed by atoms with Gasteiger partial charge < -0.3 is 10.4 Å². The minimum Gasteiger partial charge on any atom is -0.391 e. The lowest BCUT2D eigenvalue weighted by atomic mass is 9.92. The summed E-state index contributed by atoms with van der Waals surface area (Å²) < 4.78 is 0. The Morgan fingerprint density at radius 3 is 2.82 bits per heavy atom. The number of carbonyl (C=O) groups is 1. The third-order valence-corrected chi connectivity index (χ3v) is 4.53. The van der Waals surface area contributed by atoms with Crippen molar-refractivity contribution in [3.8, 4) is 0 Å². The van der Waals surface area contributed by atoms with Gasteiger partial charge >= 0.3 is 0 Å². The van der Waals surface area contributed by atoms with Crippen molar-refractivity contribution in [3.63, 3.8) is 0 Å². The molecule has 0 spiro atoms. The first kappa shape index (κ1) is 14.8. The molecule has 0 aromatic heterocycles. The molecule has 1 fully saturated rings. The first-order valence-corrected chi connectivity index (χ1v) is 7.80. The molecule has 0 aromatic carbocycles. The van der Waals surface area contributed by atoms with E-state index >= 15 is 0 Å². The monoisotopic (exact) mass is 259 g/mol. The summed E-state index contributed by atoms with van der Waals surface area (Å²) in [6, 6.07) is -0.0227. The smallest absolute Gasteiger partial charge is 0.233 e. The molecule has 100 valence electrons. The Balaban J connectivity index is 2.26. The van der Waals surface area contributed by atoms with Gasteiger partial charge in [-0.15, -0.1) is 11.8 Å². The van der Waals surface area contributed by atoms with Gasteiger partial charge in [0.05, 0.1) is 17.4 Å². The second-order valence-corrected chi connectivity index (χ2v) is 6.28. The molecule has 1 rings (SSSR count). The predicted molar refractivity (Wildman–Crippen MR) is 73.2 cm³/mol. The molecule has 0 aliphatic heterocycles. The summed E-state index contributed by atoms with van der Waals surface area (Å²) in [6.45, 7) is 4.11. The van der Waals surface area contributed by atoms with E-state index in [-0.39, 0.29) is 23.3 Å². The summed E-state index contributed by atoms with van der Waals surface area (Å²) in [5.41, 5.74) is 0. The summed E-state index contributed by atoms with van der Waals surface area (Å²) in [4.78, 5) is 11.9. The molecule has 0 aromatic rings. The van der Waals surface area contributed by atoms with E-state index in [1.54, 1.807) is 11.8 Å². The first-order valence-electron chi connectivity index (χ1n) is 6.75. The van der Waals surface area contributed by atoms with Gasteiger partial charge in [-0.25, -0.2) is 0 Å². The van der Waals surface area contributed by atoms with Crippen LogP contribution in [0.25, 0.3) is 0 Å². The highest BCUT2D eigenvalue weighted by atomic mass is 32.2. The summed E-state index contributed by atoms with van der Waals surface area (Å²) >= 11 is 1.71. The van der Waals surface area contributed by atoms with Crippen molar-refractivity contribution >= 4 is 17.7 Å². The van der Waals surface area contributed by atoms with E-state index < -0.39 is 0 Å². The summed E-state index contributed by atoms with van der Waals surface area (Å²) in [5, 5.41) is 12.8. The number of unbranched alkanes of at least 4 members (excludes halogenated alkanes) is 1. The maximum absolute atomic E-state index is 11.9. The van der Waals surface area contributed by atoms with Gasteiger partial charge in [0.25, 0.3) is 0 Å². The number of hydrogen-bond donors (Lipinski definition) is 2. The van der Waals surface area contributed by atoms with Gasteiger partial charge in [0.2, 0.25) is 5.91 Å². The third-order valence-electron chi connectivity index (χ3n) is 3.29. The zero-order valence-corrected chi connectivity index (χ0v) is 11.8. The van der Waals surface area contributed by atoms with Crippen molar-refractivity contribution in [2.75, 3.05) is 5.75 Å². The van der Waals surface area contributed by atoms with E-state index in [0.29, 0.717) is 0 Å². The van der Waals surface area contributed by atoms with Crippen molar-refractivity contribution in [1.82, 2.24) is 5.32 Å². The van der Waals surface area contributed by atoms with Crippen molar-refractivity contribution < 1.29 is 9.90 Å². The zero-order chi connectivity index (χ0) is 12.7. The Labute approximate surface area is 109 Å². The molecule has 0 saturated heterocycles. The van der Waals surface area contributed by atoms with Gasteiger partial charge in [-0.2, -0.15) is 0 Å². The number of aliphatic hydroxyl groups excluding tert-OH is 1. The molecule has 1 aliphatic rings. The van der Waals surface area contributed by atoms with Crippen LogP contribution in [0.3, 0.4) is 0 Å². The molecule has 2 N–H and O–H groups in total. The minimum absolute atomic E-state index is 0.00400. The lowest BCUT2D eigenvalue weighted by Crippen LogP contribution is -2.47. The highest BCUT2D eigenvalue weighted by Crippen LogP contribution is 2.19. The Morgan fingerprint density at radius 1 is 1.47 bits per heavy atom. The molecule has 3 unspecified atom stereocenters. The highest BCUT2D eigenvalue weighted by molar-refractivity contribution is 8.00. The first-order chi connectivity index (χ1) is 8.15. The van der Waals surface area contributed by atoms with Crippen LogP contribution in [0.5, 0.6) is 0 Å². The number of rotatable bonds is 6. The average Bonchev–Trinajstić information content (AvgIpc) is 2.32. The molecule has 1 saturated carbocycles. The van der Waals surface area contributed by atoms with E-state index in [9.17, 15) is 9.90 Å². The summed E-state index contributed by atoms with van der Waals surface area (Å²) in [6.07, 6.45) is 5.91. The maximum atomic E-state index is 11.9. The molecular formula is C13H25NO2S. The van der Waals surface area contributed by atoms with Gasteiger partial charge in [-0.05, 0) is 31.9 Å². The van der Waals surface area contributed by atoms with E-state index in [4.69, 9.17) is 0 Å². The second kappa shape index (κ2) is 7.98. The summed E-state index contributed by atoms with van der Waals surface area (Å²) in [5.74, 6) is 1.12. The van der Waals surface area contributed by atoms with Crippen LogP contribution in [-0.2, 0) is 4.79 Å². The lowest BCUT2D eigenvalue weighted by molar-refractivity contribution is -0.122. The fraction of sp³-hybridized carbons (Fsp3) is 0.923. The minimum atomic E-state index is -0.347. The molecule has 4 heteroatoms. The number of thioether (sulfide) groups is 1. The topological polar surface area (TPSA) is 49.3 Å². The molecule has 0 radical (unpaired) electrons. The van der Waals surface area contributed by atoms with Gasteiger partial charge in [-0.1, -0.05) is 26.2 Å². The SMILES string of the molecule is CCCCSC(C)C(=O)NC1CCCCC1O. The van der Waals surface area contributed by atoms with Crippen molar-refractivity contribution in [2.24, 2.45) is 0 Å². The van der Waals surface area contributed by atoms with Crippen LogP contribution in [0, 0.1) is 0 Å². The predicted octanol–water partition coefficient (Wildman–Crippen LogP) is 2.33. The normalized spacial score (nSPS) is 26.5. The van der Waals surface area contributed by atoms with Gasteiger partial charge in [0.15, 0.2) is 0 Å². The molecule has 1 aliphatic carbocycles. The van der Waals surface area contributed by atoms with Crippen LogP contribution >= 0.6 is 11.8 Å². The van der Waals surface area contributed by atoms with E-state index in [0.717, 1.165) is 37.9 Å². The standard InChI is InChI=1S/C13H25NO2S/c1-3-4-9-17-10(2)13(16)14-11-7-5-6-8-12(11)15/h10-12,15H,3-9H2,1-2H3,(H,14,16). The van der Waals surface area contributed by atoms with Gasteiger partial charge in [0.1, 0.15) is 0 Å². The zero-order valence-electron chi connectivity index (χ0n) is 10.9. The molecule has 3 atom stereocenters. The molecular weight excluding hydrogens is 234 g/mol. The van der Waals surface area contributed by atoms with Crippen molar-refractivity contribution in [1.29, 1.82) is 0 Å². The van der Waals surface area contributed by atoms with Gasteiger partial charge in [0, 0.05) is 0 Å². The number of carbonyl (C=O) groups excluding carboxylic acids is 1. The van der Waals surface area contributed by atoms with E-state index in [1.807, 2.05) is 6.92 Å². The van der Waals surface area contributed by atoms with Gasteiger partial charge in [-0.3, -0.25) is 4.79 Å². The largest absolute Gasteiger partial charge is 0.391 e. The van der Waals surface area contributed by atoms with Crippen LogP contribution in [0.1, 0.15) is 52.4 Å². The average molecular weight is 259 g/mol. The number of amides is 1. The summed E-state index contributed by atoms with van der Waals surface area (Å²) in [7, 11) is 0. The van der Waals surface area contributed by atoms with Crippen LogP contribution in [0.15, 0.2) is 0 Å².